The number of nitrogens with zero attached hydrogens (tertiary/aromatic N) is 1. The molecule has 0 radical (unpaired) electrons. The number of rotatable bonds is 6. The van der Waals surface area contributed by atoms with Gasteiger partial charge in [0.2, 0.25) is 18.1 Å². The third kappa shape index (κ3) is 5.65. The number of benzene rings is 1. The average molecular weight is 480 g/mol. The number of cyclic esters (lactones) is 1. The average Bonchev–Trinajstić information content (AvgIpc) is 3.37. The van der Waals surface area contributed by atoms with Crippen LogP contribution in [0, 0.1) is 5.41 Å². The van der Waals surface area contributed by atoms with Crippen molar-refractivity contribution in [2.24, 2.45) is 5.41 Å². The van der Waals surface area contributed by atoms with E-state index in [1.807, 2.05) is 20.8 Å². The predicted octanol–water partition coefficient (Wildman–Crippen LogP) is 1.88. The summed E-state index contributed by atoms with van der Waals surface area (Å²) in [7, 11) is 1.39. The van der Waals surface area contributed by atoms with Gasteiger partial charge in [-0.25, -0.2) is 0 Å². The summed E-state index contributed by atoms with van der Waals surface area (Å²) < 4.78 is 10.1. The van der Waals surface area contributed by atoms with Gasteiger partial charge in [0.15, 0.2) is 0 Å². The Hall–Kier alpha value is -2.65. The van der Waals surface area contributed by atoms with Crippen LogP contribution in [0.2, 0.25) is 5.02 Å². The molecule has 3 amide bonds. The number of halogens is 1. The van der Waals surface area contributed by atoms with Crippen LogP contribution >= 0.6 is 11.6 Å². The van der Waals surface area contributed by atoms with E-state index in [-0.39, 0.29) is 28.8 Å². The normalized spacial score (nSPS) is 23.7. The van der Waals surface area contributed by atoms with Gasteiger partial charge in [-0.05, 0) is 30.4 Å². The molecule has 9 nitrogen and oxygen atoms in total. The molecule has 0 saturated carbocycles. The molecule has 1 aromatic carbocycles. The van der Waals surface area contributed by atoms with Crippen molar-refractivity contribution in [3.63, 3.8) is 0 Å². The number of ether oxygens (including phenoxy) is 2. The van der Waals surface area contributed by atoms with Gasteiger partial charge in [0.05, 0.1) is 17.0 Å². The molecule has 0 spiro atoms. The van der Waals surface area contributed by atoms with Crippen LogP contribution in [-0.4, -0.2) is 66.7 Å². The second-order valence-corrected chi connectivity index (χ2v) is 9.76. The molecular formula is C23H30ClN3O6. The first kappa shape index (κ1) is 25.0. The Bertz CT molecular complexity index is 931. The van der Waals surface area contributed by atoms with E-state index in [0.717, 1.165) is 0 Å². The Kier molecular flexibility index (Phi) is 7.64. The van der Waals surface area contributed by atoms with Crippen LogP contribution in [-0.2, 0) is 23.9 Å². The highest BCUT2D eigenvalue weighted by Gasteiger charge is 2.44. The quantitative estimate of drug-likeness (QED) is 0.602. The van der Waals surface area contributed by atoms with E-state index in [1.54, 1.807) is 24.3 Å². The van der Waals surface area contributed by atoms with Crippen LogP contribution < -0.4 is 10.6 Å². The third-order valence-corrected chi connectivity index (χ3v) is 6.20. The second kappa shape index (κ2) is 10.1. The number of amides is 3. The molecule has 2 N–H and O–H groups in total. The molecule has 33 heavy (non-hydrogen) atoms. The molecule has 2 saturated heterocycles. The Morgan fingerprint density at radius 2 is 1.94 bits per heavy atom. The topological polar surface area (TPSA) is 114 Å². The van der Waals surface area contributed by atoms with Gasteiger partial charge in [0, 0.05) is 13.7 Å². The third-order valence-electron chi connectivity index (χ3n) is 5.87. The van der Waals surface area contributed by atoms with Crippen molar-refractivity contribution in [3.8, 4) is 0 Å². The van der Waals surface area contributed by atoms with Crippen LogP contribution in [0.3, 0.4) is 0 Å². The molecule has 10 heteroatoms. The van der Waals surface area contributed by atoms with E-state index < -0.39 is 41.7 Å². The maximum atomic E-state index is 13.6. The van der Waals surface area contributed by atoms with Crippen molar-refractivity contribution in [1.82, 2.24) is 15.5 Å². The van der Waals surface area contributed by atoms with E-state index in [2.05, 4.69) is 10.6 Å². The first-order chi connectivity index (χ1) is 15.5. The minimum Gasteiger partial charge on any atom is -0.433 e. The standard InChI is InChI=1S/C23H30ClN3O6/c1-23(2,3)18(26-19(29)13-8-5-6-9-14(13)24)21(31)27-11-7-10-16(27)20(30)25-15-12-17(28)33-22(15)32-4/h5-6,8-9,15-16,18,22H,7,10-12H2,1-4H3,(H,25,30)(H,26,29)/t15-,16+,18-,22-/m1/s1. The largest absolute Gasteiger partial charge is 0.433 e. The number of methoxy groups -OCH3 is 1. The number of carbonyl (C=O) groups excluding carboxylic acids is 4. The molecule has 2 heterocycles. The fourth-order valence-electron chi connectivity index (χ4n) is 4.12. The fraction of sp³-hybridized carbons (Fsp3) is 0.565. The fourth-order valence-corrected chi connectivity index (χ4v) is 4.34. The molecule has 4 atom stereocenters. The molecule has 2 fully saturated rings. The number of hydrogen-bond acceptors (Lipinski definition) is 6. The summed E-state index contributed by atoms with van der Waals surface area (Å²) in [6.07, 6.45) is 0.270. The highest BCUT2D eigenvalue weighted by molar-refractivity contribution is 6.33. The van der Waals surface area contributed by atoms with Crippen LogP contribution in [0.5, 0.6) is 0 Å². The number of nitrogens with one attached hydrogen (secondary N) is 2. The Morgan fingerprint density at radius 3 is 2.58 bits per heavy atom. The van der Waals surface area contributed by atoms with Crippen molar-refractivity contribution < 1.29 is 28.7 Å². The number of likely N-dealkylation sites (tertiary alicyclic amines) is 1. The highest BCUT2D eigenvalue weighted by atomic mass is 35.5. The first-order valence-corrected chi connectivity index (χ1v) is 11.3. The van der Waals surface area contributed by atoms with Crippen LogP contribution in [0.1, 0.15) is 50.4 Å². The van der Waals surface area contributed by atoms with E-state index >= 15 is 0 Å². The molecule has 2 aliphatic heterocycles. The van der Waals surface area contributed by atoms with Gasteiger partial charge in [-0.15, -0.1) is 0 Å². The predicted molar refractivity (Wildman–Crippen MR) is 120 cm³/mol. The summed E-state index contributed by atoms with van der Waals surface area (Å²) in [4.78, 5) is 52.5. The molecule has 0 aliphatic carbocycles. The zero-order chi connectivity index (χ0) is 24.3. The number of hydrogen-bond donors (Lipinski definition) is 2. The van der Waals surface area contributed by atoms with Crippen LogP contribution in [0.15, 0.2) is 24.3 Å². The summed E-state index contributed by atoms with van der Waals surface area (Å²) >= 11 is 6.15. The lowest BCUT2D eigenvalue weighted by atomic mass is 9.85. The molecule has 180 valence electrons. The van der Waals surface area contributed by atoms with Crippen molar-refractivity contribution in [1.29, 1.82) is 0 Å². The number of carbonyl (C=O) groups is 4. The molecule has 2 aliphatic rings. The Balaban J connectivity index is 1.75. The van der Waals surface area contributed by atoms with Gasteiger partial charge in [0.25, 0.3) is 5.91 Å². The zero-order valence-electron chi connectivity index (χ0n) is 19.2. The summed E-state index contributed by atoms with van der Waals surface area (Å²) in [6.45, 7) is 5.92. The first-order valence-electron chi connectivity index (χ1n) is 10.9. The van der Waals surface area contributed by atoms with E-state index in [4.69, 9.17) is 21.1 Å². The second-order valence-electron chi connectivity index (χ2n) is 9.36. The summed E-state index contributed by atoms with van der Waals surface area (Å²) in [5.74, 6) is -1.64. The van der Waals surface area contributed by atoms with E-state index in [9.17, 15) is 19.2 Å². The molecule has 3 rings (SSSR count). The zero-order valence-corrected chi connectivity index (χ0v) is 20.0. The minimum absolute atomic E-state index is 0.00339. The monoisotopic (exact) mass is 479 g/mol. The molecule has 0 unspecified atom stereocenters. The van der Waals surface area contributed by atoms with Gasteiger partial charge in [-0.3, -0.25) is 19.2 Å². The van der Waals surface area contributed by atoms with E-state index in [1.165, 1.54) is 12.0 Å². The van der Waals surface area contributed by atoms with Gasteiger partial charge < -0.3 is 25.0 Å². The van der Waals surface area contributed by atoms with Gasteiger partial charge >= 0.3 is 5.97 Å². The van der Waals surface area contributed by atoms with Crippen LogP contribution in [0.25, 0.3) is 0 Å². The summed E-state index contributed by atoms with van der Waals surface area (Å²) in [5.41, 5.74) is -0.349. The molecular weight excluding hydrogens is 450 g/mol. The lowest BCUT2D eigenvalue weighted by Gasteiger charge is -2.35. The Labute approximate surface area is 198 Å². The maximum absolute atomic E-state index is 13.6. The van der Waals surface area contributed by atoms with Crippen molar-refractivity contribution >= 4 is 35.3 Å². The summed E-state index contributed by atoms with van der Waals surface area (Å²) in [6, 6.07) is 4.40. The van der Waals surface area contributed by atoms with Crippen molar-refractivity contribution in [2.45, 2.75) is 64.4 Å². The lowest BCUT2D eigenvalue weighted by molar-refractivity contribution is -0.160. The Morgan fingerprint density at radius 1 is 1.24 bits per heavy atom. The van der Waals surface area contributed by atoms with Gasteiger partial charge in [-0.1, -0.05) is 44.5 Å². The minimum atomic E-state index is -0.877. The molecule has 1 aromatic rings. The SMILES string of the molecule is CO[C@@H]1OC(=O)C[C@H]1NC(=O)[C@@H]1CCCN1C(=O)[C@@H](NC(=O)c1ccccc1Cl)C(C)(C)C. The van der Waals surface area contributed by atoms with Crippen molar-refractivity contribution in [2.75, 3.05) is 13.7 Å². The highest BCUT2D eigenvalue weighted by Crippen LogP contribution is 2.27. The number of esters is 1. The lowest BCUT2D eigenvalue weighted by Crippen LogP contribution is -2.58. The smallest absolute Gasteiger partial charge is 0.310 e. The van der Waals surface area contributed by atoms with Gasteiger partial charge in [0.1, 0.15) is 18.1 Å². The summed E-state index contributed by atoms with van der Waals surface area (Å²) in [5, 5.41) is 5.88. The van der Waals surface area contributed by atoms with Crippen LogP contribution in [0.4, 0.5) is 0 Å². The van der Waals surface area contributed by atoms with Gasteiger partial charge in [-0.2, -0.15) is 0 Å². The van der Waals surface area contributed by atoms with Crippen molar-refractivity contribution in [3.05, 3.63) is 34.9 Å². The van der Waals surface area contributed by atoms with E-state index in [0.29, 0.717) is 19.4 Å². The molecule has 0 bridgehead atoms. The molecule has 0 aromatic heterocycles. The maximum Gasteiger partial charge on any atom is 0.310 e.